The molecule has 0 saturated heterocycles. The van der Waals surface area contributed by atoms with Crippen molar-refractivity contribution < 1.29 is 0 Å². The second kappa shape index (κ2) is 17.2. The Morgan fingerprint density at radius 2 is 0.667 bits per heavy atom. The highest BCUT2D eigenvalue weighted by atomic mass is 35.5. The van der Waals surface area contributed by atoms with Gasteiger partial charge in [0.05, 0.1) is 10.0 Å². The van der Waals surface area contributed by atoms with Gasteiger partial charge < -0.3 is 0 Å². The molecule has 0 aliphatic rings. The van der Waals surface area contributed by atoms with Gasteiger partial charge in [-0.1, -0.05) is 159 Å². The van der Waals surface area contributed by atoms with E-state index >= 15 is 0 Å². The maximum absolute atomic E-state index is 6.08. The van der Waals surface area contributed by atoms with Crippen molar-refractivity contribution in [1.82, 2.24) is 0 Å². The van der Waals surface area contributed by atoms with Crippen LogP contribution in [0.25, 0.3) is 33.4 Å². The molecule has 0 aliphatic carbocycles. The summed E-state index contributed by atoms with van der Waals surface area (Å²) in [5.74, 6) is 0. The Bertz CT molecular complexity index is 1860. The molecule has 0 N–H and O–H groups in total. The van der Waals surface area contributed by atoms with Gasteiger partial charge in [0.1, 0.15) is 0 Å². The van der Waals surface area contributed by atoms with Crippen molar-refractivity contribution in [3.63, 3.8) is 0 Å². The molecule has 0 fully saturated rings. The molecule has 9 heteroatoms. The van der Waals surface area contributed by atoms with E-state index in [4.69, 9.17) is 104 Å². The van der Waals surface area contributed by atoms with Crippen LogP contribution in [0.5, 0.6) is 0 Å². The van der Waals surface area contributed by atoms with Crippen molar-refractivity contribution in [3.8, 4) is 33.4 Å². The molecule has 45 heavy (non-hydrogen) atoms. The molecule has 0 aromatic heterocycles. The Labute approximate surface area is 307 Å². The molecule has 0 bridgehead atoms. The minimum Gasteiger partial charge on any atom is -0.0843 e. The fourth-order valence-corrected chi connectivity index (χ4v) is 6.09. The van der Waals surface area contributed by atoms with Gasteiger partial charge in [-0.2, -0.15) is 0 Å². The summed E-state index contributed by atoms with van der Waals surface area (Å²) in [5.41, 5.74) is 5.82. The molecule has 0 radical (unpaired) electrons. The Morgan fingerprint density at radius 1 is 0.244 bits per heavy atom. The molecule has 0 aliphatic heterocycles. The first kappa shape index (κ1) is 35.8. The molecule has 0 unspecified atom stereocenters. The van der Waals surface area contributed by atoms with E-state index in [2.05, 4.69) is 0 Å². The molecule has 6 aromatic rings. The molecule has 0 nitrogen and oxygen atoms in total. The second-order valence-electron chi connectivity index (χ2n) is 9.41. The summed E-state index contributed by atoms with van der Waals surface area (Å²) in [5, 5.41) is 5.68. The number of hydrogen-bond donors (Lipinski definition) is 0. The Morgan fingerprint density at radius 3 is 1.13 bits per heavy atom. The predicted molar refractivity (Wildman–Crippen MR) is 201 cm³/mol. The van der Waals surface area contributed by atoms with E-state index in [1.807, 2.05) is 109 Å². The average molecular weight is 773 g/mol. The molecular weight excluding hydrogens is 751 g/mol. The zero-order chi connectivity index (χ0) is 32.5. The van der Waals surface area contributed by atoms with Gasteiger partial charge in [-0.3, -0.25) is 0 Å². The third-order valence-corrected chi connectivity index (χ3v) is 8.72. The first-order chi connectivity index (χ1) is 21.5. The lowest BCUT2D eigenvalue weighted by Crippen LogP contribution is -1.79. The van der Waals surface area contributed by atoms with Gasteiger partial charge in [0.25, 0.3) is 0 Å². The average Bonchev–Trinajstić information content (AvgIpc) is 2.99. The fourth-order valence-electron chi connectivity index (χ4n) is 4.13. The van der Waals surface area contributed by atoms with Crippen LogP contribution in [0.4, 0.5) is 0 Å². The van der Waals surface area contributed by atoms with Gasteiger partial charge in [-0.15, -0.1) is 0 Å². The lowest BCUT2D eigenvalue weighted by Gasteiger charge is -2.05. The fraction of sp³-hybridized carbons (Fsp3) is 0. The van der Waals surface area contributed by atoms with E-state index in [9.17, 15) is 0 Å². The smallest absolute Gasteiger partial charge is 0.0598 e. The van der Waals surface area contributed by atoms with Crippen LogP contribution in [-0.4, -0.2) is 0 Å². The van der Waals surface area contributed by atoms with Crippen LogP contribution < -0.4 is 0 Å². The first-order valence-corrected chi connectivity index (χ1v) is 16.5. The standard InChI is InChI=1S/3C12H7Cl3/c13-10-3-1-8(2-4-10)9-5-11(14)7-12(15)6-9;13-9-5-8(6-10(14)7-9)11-3-1-2-4-12(11)15;13-10-4-2-1-3-9(10)8-5-6-11(14)12(15)7-8/h3*1-7H. The van der Waals surface area contributed by atoms with E-state index in [1.54, 1.807) is 18.2 Å². The molecule has 6 rings (SSSR count). The third-order valence-electron chi connectivity index (χ3n) is 6.19. The minimum absolute atomic E-state index is 0.536. The van der Waals surface area contributed by atoms with Crippen molar-refractivity contribution in [3.05, 3.63) is 173 Å². The van der Waals surface area contributed by atoms with Gasteiger partial charge in [-0.25, -0.2) is 0 Å². The van der Waals surface area contributed by atoms with Crippen LogP contribution in [0.3, 0.4) is 0 Å². The molecule has 0 amide bonds. The Kier molecular flexibility index (Phi) is 13.7. The van der Waals surface area contributed by atoms with Crippen LogP contribution in [-0.2, 0) is 0 Å². The topological polar surface area (TPSA) is 0 Å². The molecule has 0 saturated carbocycles. The maximum Gasteiger partial charge on any atom is 0.0598 e. The SMILES string of the molecule is Clc1cc(Cl)cc(-c2ccccc2Cl)c1.Clc1ccc(-c2cc(Cl)cc(Cl)c2)cc1.Clc1ccc(-c2ccccc2Cl)cc1Cl. The van der Waals surface area contributed by atoms with Gasteiger partial charge in [0.15, 0.2) is 0 Å². The molecule has 0 atom stereocenters. The van der Waals surface area contributed by atoms with Crippen molar-refractivity contribution >= 4 is 104 Å². The molecule has 0 spiro atoms. The number of rotatable bonds is 3. The highest BCUT2D eigenvalue weighted by molar-refractivity contribution is 6.42. The summed E-state index contributed by atoms with van der Waals surface area (Å²) in [7, 11) is 0. The minimum atomic E-state index is 0.536. The zero-order valence-corrected chi connectivity index (χ0v) is 29.8. The summed E-state index contributed by atoms with van der Waals surface area (Å²) in [6, 6.07) is 39.1. The summed E-state index contributed by atoms with van der Waals surface area (Å²) in [4.78, 5) is 0. The van der Waals surface area contributed by atoms with E-state index in [1.165, 1.54) is 0 Å². The van der Waals surface area contributed by atoms with E-state index in [0.717, 1.165) is 33.4 Å². The molecular formula is C36H21Cl9. The summed E-state index contributed by atoms with van der Waals surface area (Å²) >= 11 is 53.4. The summed E-state index contributed by atoms with van der Waals surface area (Å²) < 4.78 is 0. The summed E-state index contributed by atoms with van der Waals surface area (Å²) in [6.07, 6.45) is 0. The number of hydrogen-bond acceptors (Lipinski definition) is 0. The van der Waals surface area contributed by atoms with Crippen molar-refractivity contribution in [2.75, 3.05) is 0 Å². The van der Waals surface area contributed by atoms with Crippen molar-refractivity contribution in [2.24, 2.45) is 0 Å². The second-order valence-corrected chi connectivity index (χ2v) is 13.2. The highest BCUT2D eigenvalue weighted by Crippen LogP contribution is 2.33. The predicted octanol–water partition coefficient (Wildman–Crippen LogP) is 15.9. The van der Waals surface area contributed by atoms with Gasteiger partial charge in [0, 0.05) is 46.3 Å². The van der Waals surface area contributed by atoms with Crippen LogP contribution in [0.1, 0.15) is 0 Å². The van der Waals surface area contributed by atoms with Crippen LogP contribution >= 0.6 is 104 Å². The Balaban J connectivity index is 0.000000154. The molecule has 228 valence electrons. The van der Waals surface area contributed by atoms with Gasteiger partial charge in [-0.05, 0) is 95.1 Å². The van der Waals surface area contributed by atoms with Gasteiger partial charge in [0.2, 0.25) is 0 Å². The van der Waals surface area contributed by atoms with E-state index < -0.39 is 0 Å². The molecule has 6 aromatic carbocycles. The first-order valence-electron chi connectivity index (χ1n) is 13.1. The van der Waals surface area contributed by atoms with Gasteiger partial charge >= 0.3 is 0 Å². The largest absolute Gasteiger partial charge is 0.0843 e. The monoisotopic (exact) mass is 768 g/mol. The Hall–Kier alpha value is -2.07. The zero-order valence-electron chi connectivity index (χ0n) is 23.0. The lowest BCUT2D eigenvalue weighted by molar-refractivity contribution is 1.62. The third kappa shape index (κ3) is 10.7. The van der Waals surface area contributed by atoms with E-state index in [-0.39, 0.29) is 0 Å². The van der Waals surface area contributed by atoms with E-state index in [0.29, 0.717) is 45.2 Å². The van der Waals surface area contributed by atoms with Crippen LogP contribution in [0.15, 0.2) is 127 Å². The van der Waals surface area contributed by atoms with Crippen LogP contribution in [0.2, 0.25) is 45.2 Å². The highest BCUT2D eigenvalue weighted by Gasteiger charge is 2.06. The summed E-state index contributed by atoms with van der Waals surface area (Å²) in [6.45, 7) is 0. The molecule has 0 heterocycles. The maximum atomic E-state index is 6.08. The van der Waals surface area contributed by atoms with Crippen molar-refractivity contribution in [2.45, 2.75) is 0 Å². The lowest BCUT2D eigenvalue weighted by atomic mass is 10.1. The van der Waals surface area contributed by atoms with Crippen LogP contribution in [0, 0.1) is 0 Å². The van der Waals surface area contributed by atoms with Crippen molar-refractivity contribution in [1.29, 1.82) is 0 Å². The normalized spacial score (nSPS) is 10.3. The number of benzene rings is 6. The quantitative estimate of drug-likeness (QED) is 0.168. The number of halogens is 9.